The van der Waals surface area contributed by atoms with Crippen LogP contribution in [-0.4, -0.2) is 32.7 Å². The number of carbonyl (C=O) groups excluding carboxylic acids is 1. The van der Waals surface area contributed by atoms with Crippen molar-refractivity contribution in [2.24, 2.45) is 0 Å². The molecule has 2 unspecified atom stereocenters. The molecular weight excluding hydrogens is 280 g/mol. The first kappa shape index (κ1) is 16.6. The van der Waals surface area contributed by atoms with Gasteiger partial charge in [-0.3, -0.25) is 4.79 Å². The first-order chi connectivity index (χ1) is 10.6. The fourth-order valence-electron chi connectivity index (χ4n) is 2.88. The molecule has 0 aromatic heterocycles. The van der Waals surface area contributed by atoms with Crippen LogP contribution >= 0.6 is 0 Å². The molecule has 22 heavy (non-hydrogen) atoms. The Bertz CT molecular complexity index is 499. The Morgan fingerprint density at radius 2 is 2.23 bits per heavy atom. The highest BCUT2D eigenvalue weighted by Gasteiger charge is 2.18. The van der Waals surface area contributed by atoms with Gasteiger partial charge in [-0.05, 0) is 50.9 Å². The average Bonchev–Trinajstić information content (AvgIpc) is 3.05. The maximum absolute atomic E-state index is 12.1. The highest BCUT2D eigenvalue weighted by molar-refractivity contribution is 5.76. The van der Waals surface area contributed by atoms with Gasteiger partial charge in [-0.25, -0.2) is 0 Å². The van der Waals surface area contributed by atoms with Crippen molar-refractivity contribution in [3.63, 3.8) is 0 Å². The van der Waals surface area contributed by atoms with Gasteiger partial charge < -0.3 is 20.1 Å². The van der Waals surface area contributed by atoms with E-state index in [1.165, 1.54) is 12.8 Å². The molecule has 5 heteroatoms. The van der Waals surface area contributed by atoms with Gasteiger partial charge in [0.25, 0.3) is 0 Å². The van der Waals surface area contributed by atoms with Gasteiger partial charge in [-0.2, -0.15) is 0 Å². The van der Waals surface area contributed by atoms with E-state index in [0.29, 0.717) is 12.5 Å². The number of hydrogen-bond donors (Lipinski definition) is 2. The van der Waals surface area contributed by atoms with Crippen molar-refractivity contribution < 1.29 is 14.3 Å². The van der Waals surface area contributed by atoms with E-state index >= 15 is 0 Å². The number of rotatable bonds is 7. The van der Waals surface area contributed by atoms with E-state index in [1.54, 1.807) is 14.2 Å². The minimum Gasteiger partial charge on any atom is -0.497 e. The number of methoxy groups -OCH3 is 2. The summed E-state index contributed by atoms with van der Waals surface area (Å²) in [4.78, 5) is 12.1. The Labute approximate surface area is 132 Å². The zero-order valence-corrected chi connectivity index (χ0v) is 13.6. The van der Waals surface area contributed by atoms with Crippen molar-refractivity contribution in [1.82, 2.24) is 10.6 Å². The number of nitrogens with one attached hydrogen (secondary N) is 2. The lowest BCUT2D eigenvalue weighted by Crippen LogP contribution is -2.29. The van der Waals surface area contributed by atoms with Crippen molar-refractivity contribution in [3.8, 4) is 11.5 Å². The summed E-state index contributed by atoms with van der Waals surface area (Å²) in [7, 11) is 3.26. The summed E-state index contributed by atoms with van der Waals surface area (Å²) in [5.41, 5.74) is 0.925. The lowest BCUT2D eigenvalue weighted by atomic mass is 10.1. The molecule has 1 amide bonds. The van der Waals surface area contributed by atoms with Crippen molar-refractivity contribution in [3.05, 3.63) is 23.8 Å². The molecule has 1 aliphatic rings. The third-order valence-corrected chi connectivity index (χ3v) is 4.16. The van der Waals surface area contributed by atoms with Gasteiger partial charge >= 0.3 is 0 Å². The molecule has 0 spiro atoms. The summed E-state index contributed by atoms with van der Waals surface area (Å²) >= 11 is 0. The molecule has 0 radical (unpaired) electrons. The molecule has 0 aliphatic carbocycles. The molecule has 1 aromatic rings. The molecule has 122 valence electrons. The minimum absolute atomic E-state index is 0.0751. The fourth-order valence-corrected chi connectivity index (χ4v) is 2.88. The Kier molecular flexibility index (Phi) is 6.07. The van der Waals surface area contributed by atoms with E-state index in [0.717, 1.165) is 30.0 Å². The smallest absolute Gasteiger partial charge is 0.220 e. The predicted molar refractivity (Wildman–Crippen MR) is 86.4 cm³/mol. The van der Waals surface area contributed by atoms with Crippen LogP contribution in [0.4, 0.5) is 0 Å². The molecule has 1 saturated heterocycles. The van der Waals surface area contributed by atoms with Gasteiger partial charge in [0.1, 0.15) is 11.5 Å². The number of carbonyl (C=O) groups is 1. The highest BCUT2D eigenvalue weighted by Crippen LogP contribution is 2.29. The van der Waals surface area contributed by atoms with E-state index in [9.17, 15) is 4.79 Å². The summed E-state index contributed by atoms with van der Waals surface area (Å²) in [6.07, 6.45) is 3.83. The summed E-state index contributed by atoms with van der Waals surface area (Å²) in [5, 5.41) is 6.46. The number of benzene rings is 1. The first-order valence-electron chi connectivity index (χ1n) is 7.88. The first-order valence-corrected chi connectivity index (χ1v) is 7.88. The maximum atomic E-state index is 12.1. The quantitative estimate of drug-likeness (QED) is 0.812. The molecule has 5 nitrogen and oxygen atoms in total. The van der Waals surface area contributed by atoms with Gasteiger partial charge in [-0.1, -0.05) is 0 Å². The molecule has 1 aromatic carbocycles. The van der Waals surface area contributed by atoms with Crippen LogP contribution < -0.4 is 20.1 Å². The summed E-state index contributed by atoms with van der Waals surface area (Å²) in [5.74, 6) is 1.59. The Morgan fingerprint density at radius 1 is 1.41 bits per heavy atom. The van der Waals surface area contributed by atoms with Gasteiger partial charge in [0, 0.05) is 18.0 Å². The lowest BCUT2D eigenvalue weighted by Gasteiger charge is -2.19. The number of amides is 1. The topological polar surface area (TPSA) is 59.6 Å². The average molecular weight is 306 g/mol. The number of hydrogen-bond acceptors (Lipinski definition) is 4. The lowest BCUT2D eigenvalue weighted by molar-refractivity contribution is -0.121. The summed E-state index contributed by atoms with van der Waals surface area (Å²) in [6.45, 7) is 3.03. The van der Waals surface area contributed by atoms with E-state index in [-0.39, 0.29) is 11.9 Å². The minimum atomic E-state index is -0.117. The largest absolute Gasteiger partial charge is 0.497 e. The van der Waals surface area contributed by atoms with E-state index < -0.39 is 0 Å². The van der Waals surface area contributed by atoms with Gasteiger partial charge in [0.15, 0.2) is 0 Å². The van der Waals surface area contributed by atoms with Crippen LogP contribution in [0.15, 0.2) is 18.2 Å². The van der Waals surface area contributed by atoms with Crippen LogP contribution in [0.2, 0.25) is 0 Å². The van der Waals surface area contributed by atoms with Crippen LogP contribution in [0.3, 0.4) is 0 Å². The molecule has 2 N–H and O–H groups in total. The van der Waals surface area contributed by atoms with Gasteiger partial charge in [0.05, 0.1) is 20.3 Å². The van der Waals surface area contributed by atoms with Crippen LogP contribution in [0, 0.1) is 0 Å². The zero-order valence-electron chi connectivity index (χ0n) is 13.6. The van der Waals surface area contributed by atoms with Gasteiger partial charge in [-0.15, -0.1) is 0 Å². The monoisotopic (exact) mass is 306 g/mol. The van der Waals surface area contributed by atoms with Crippen LogP contribution in [0.5, 0.6) is 11.5 Å². The predicted octanol–water partition coefficient (Wildman–Crippen LogP) is 2.41. The molecule has 1 fully saturated rings. The van der Waals surface area contributed by atoms with E-state index in [2.05, 4.69) is 10.6 Å². The van der Waals surface area contributed by atoms with Crippen molar-refractivity contribution in [2.45, 2.75) is 44.7 Å². The van der Waals surface area contributed by atoms with Gasteiger partial charge in [0.2, 0.25) is 5.91 Å². The molecule has 1 heterocycles. The molecule has 0 saturated carbocycles. The third-order valence-electron chi connectivity index (χ3n) is 4.16. The van der Waals surface area contributed by atoms with Crippen molar-refractivity contribution in [1.29, 1.82) is 0 Å². The second kappa shape index (κ2) is 8.03. The Morgan fingerprint density at radius 3 is 2.86 bits per heavy atom. The van der Waals surface area contributed by atoms with E-state index in [4.69, 9.17) is 9.47 Å². The van der Waals surface area contributed by atoms with E-state index in [1.807, 2.05) is 25.1 Å². The Balaban J connectivity index is 1.92. The molecule has 1 aliphatic heterocycles. The SMILES string of the molecule is COc1ccc(OC)c(C(C)NC(=O)CCC2CCCN2)c1. The van der Waals surface area contributed by atoms with Crippen molar-refractivity contribution in [2.75, 3.05) is 20.8 Å². The summed E-state index contributed by atoms with van der Waals surface area (Å²) < 4.78 is 10.6. The molecule has 2 rings (SSSR count). The molecular formula is C17H26N2O3. The normalized spacial score (nSPS) is 18.8. The standard InChI is InChI=1S/C17H26N2O3/c1-12(15-11-14(21-2)7-8-16(15)22-3)19-17(20)9-6-13-5-4-10-18-13/h7-8,11-13,18H,4-6,9-10H2,1-3H3,(H,19,20). The maximum Gasteiger partial charge on any atom is 0.220 e. The fraction of sp³-hybridized carbons (Fsp3) is 0.588. The van der Waals surface area contributed by atoms with Crippen LogP contribution in [0.25, 0.3) is 0 Å². The Hall–Kier alpha value is -1.75. The second-order valence-corrected chi connectivity index (χ2v) is 5.73. The zero-order chi connectivity index (χ0) is 15.9. The molecule has 0 bridgehead atoms. The third kappa shape index (κ3) is 4.37. The number of ether oxygens (including phenoxy) is 2. The van der Waals surface area contributed by atoms with Crippen molar-refractivity contribution >= 4 is 5.91 Å². The summed E-state index contributed by atoms with van der Waals surface area (Å²) in [6, 6.07) is 5.99. The molecule has 2 atom stereocenters. The van der Waals surface area contributed by atoms with Crippen LogP contribution in [0.1, 0.15) is 44.2 Å². The second-order valence-electron chi connectivity index (χ2n) is 5.73. The van der Waals surface area contributed by atoms with Crippen LogP contribution in [-0.2, 0) is 4.79 Å². The highest BCUT2D eigenvalue weighted by atomic mass is 16.5.